The van der Waals surface area contributed by atoms with Crippen molar-refractivity contribution in [3.05, 3.63) is 65.7 Å². The van der Waals surface area contributed by atoms with Crippen molar-refractivity contribution in [2.45, 2.75) is 32.6 Å². The second-order valence-corrected chi connectivity index (χ2v) is 10.9. The van der Waals surface area contributed by atoms with Crippen molar-refractivity contribution >= 4 is 27.3 Å². The summed E-state index contributed by atoms with van der Waals surface area (Å²) in [7, 11) is -3.58. The van der Waals surface area contributed by atoms with Gasteiger partial charge in [0, 0.05) is 41.2 Å². The molecule has 4 rings (SSSR count). The summed E-state index contributed by atoms with van der Waals surface area (Å²) in [5.74, 6) is 0.380. The van der Waals surface area contributed by atoms with Crippen molar-refractivity contribution in [2.75, 3.05) is 22.4 Å². The van der Waals surface area contributed by atoms with Gasteiger partial charge in [-0.25, -0.2) is 18.4 Å². The van der Waals surface area contributed by atoms with Crippen LogP contribution in [0.2, 0.25) is 0 Å². The van der Waals surface area contributed by atoms with Crippen LogP contribution in [0.4, 0.5) is 11.4 Å². The van der Waals surface area contributed by atoms with Crippen molar-refractivity contribution in [3.8, 4) is 16.9 Å². The predicted octanol–water partition coefficient (Wildman–Crippen LogP) is 3.72. The molecule has 2 heterocycles. The van der Waals surface area contributed by atoms with Crippen LogP contribution in [-0.4, -0.2) is 42.2 Å². The molecule has 1 aliphatic heterocycles. The maximum absolute atomic E-state index is 13.2. The minimum absolute atomic E-state index is 0.0302. The molecule has 1 amide bonds. The number of phenols is 1. The van der Waals surface area contributed by atoms with Crippen LogP contribution in [0.5, 0.6) is 5.75 Å². The Labute approximate surface area is 193 Å². The second kappa shape index (κ2) is 8.15. The molecule has 172 valence electrons. The van der Waals surface area contributed by atoms with Crippen LogP contribution in [0.1, 0.15) is 42.5 Å². The van der Waals surface area contributed by atoms with Gasteiger partial charge in [0.25, 0.3) is 5.91 Å². The van der Waals surface area contributed by atoms with E-state index in [1.54, 1.807) is 29.4 Å². The second-order valence-electron chi connectivity index (χ2n) is 9.20. The highest BCUT2D eigenvalue weighted by Crippen LogP contribution is 2.33. The molecular weight excluding hydrogens is 440 g/mol. The average Bonchev–Trinajstić information content (AvgIpc) is 2.74. The van der Waals surface area contributed by atoms with Crippen molar-refractivity contribution in [3.63, 3.8) is 0 Å². The Bertz CT molecular complexity index is 1330. The standard InChI is InChI=1S/C24H26N4O4S/c1-24(2,3)23-25-13-17(14-26-23)15-5-7-19-16(11-15)9-10-28(22(19)30)18-6-8-21(29)20(12-18)27-33(4,31)32/h5-8,11-14,27,29H,9-10H2,1-4H3. The van der Waals surface area contributed by atoms with E-state index < -0.39 is 10.0 Å². The van der Waals surface area contributed by atoms with Gasteiger partial charge < -0.3 is 10.0 Å². The fraction of sp³-hybridized carbons (Fsp3) is 0.292. The maximum atomic E-state index is 13.2. The van der Waals surface area contributed by atoms with Crippen LogP contribution in [0, 0.1) is 0 Å². The molecule has 1 aliphatic rings. The van der Waals surface area contributed by atoms with E-state index in [4.69, 9.17) is 0 Å². The number of sulfonamides is 1. The first-order valence-electron chi connectivity index (χ1n) is 10.5. The lowest BCUT2D eigenvalue weighted by atomic mass is 9.94. The van der Waals surface area contributed by atoms with E-state index in [1.165, 1.54) is 12.1 Å². The van der Waals surface area contributed by atoms with E-state index in [-0.39, 0.29) is 22.8 Å². The summed E-state index contributed by atoms with van der Waals surface area (Å²) in [6.45, 7) is 6.61. The Balaban J connectivity index is 1.61. The Hall–Kier alpha value is -3.46. The summed E-state index contributed by atoms with van der Waals surface area (Å²) >= 11 is 0. The van der Waals surface area contributed by atoms with Gasteiger partial charge in [-0.2, -0.15) is 0 Å². The number of aromatic nitrogens is 2. The molecule has 2 N–H and O–H groups in total. The summed E-state index contributed by atoms with van der Waals surface area (Å²) in [5.41, 5.74) is 3.75. The van der Waals surface area contributed by atoms with Crippen LogP contribution >= 0.6 is 0 Å². The minimum Gasteiger partial charge on any atom is -0.506 e. The summed E-state index contributed by atoms with van der Waals surface area (Å²) in [4.78, 5) is 23.8. The minimum atomic E-state index is -3.58. The molecule has 33 heavy (non-hydrogen) atoms. The van der Waals surface area contributed by atoms with Crippen LogP contribution in [0.3, 0.4) is 0 Å². The number of nitrogens with one attached hydrogen (secondary N) is 1. The zero-order valence-corrected chi connectivity index (χ0v) is 19.8. The number of anilines is 2. The number of carbonyl (C=O) groups is 1. The molecule has 0 atom stereocenters. The third-order valence-corrected chi connectivity index (χ3v) is 6.02. The fourth-order valence-corrected chi connectivity index (χ4v) is 4.32. The zero-order valence-electron chi connectivity index (χ0n) is 19.0. The monoisotopic (exact) mass is 466 g/mol. The Morgan fingerprint density at radius 2 is 1.73 bits per heavy atom. The van der Waals surface area contributed by atoms with Crippen LogP contribution in [0.25, 0.3) is 11.1 Å². The predicted molar refractivity (Wildman–Crippen MR) is 128 cm³/mol. The maximum Gasteiger partial charge on any atom is 0.258 e. The van der Waals surface area contributed by atoms with E-state index in [0.29, 0.717) is 24.2 Å². The first kappa shape index (κ1) is 22.7. The Kier molecular flexibility index (Phi) is 5.61. The van der Waals surface area contributed by atoms with Gasteiger partial charge in [-0.15, -0.1) is 0 Å². The summed E-state index contributed by atoms with van der Waals surface area (Å²) < 4.78 is 25.4. The number of phenolic OH excluding ortho intramolecular Hbond substituents is 1. The van der Waals surface area contributed by atoms with E-state index in [2.05, 4.69) is 35.5 Å². The normalized spacial score (nSPS) is 14.2. The van der Waals surface area contributed by atoms with Crippen molar-refractivity contribution in [1.82, 2.24) is 9.97 Å². The molecule has 0 saturated heterocycles. The Morgan fingerprint density at radius 3 is 2.36 bits per heavy atom. The van der Waals surface area contributed by atoms with E-state index in [0.717, 1.165) is 28.8 Å². The quantitative estimate of drug-likeness (QED) is 0.567. The molecular formula is C24H26N4O4S. The van der Waals surface area contributed by atoms with Gasteiger partial charge in [-0.3, -0.25) is 9.52 Å². The lowest BCUT2D eigenvalue weighted by molar-refractivity contribution is 0.0980. The molecule has 9 heteroatoms. The number of benzene rings is 2. The first-order valence-corrected chi connectivity index (χ1v) is 12.4. The molecule has 0 aliphatic carbocycles. The largest absolute Gasteiger partial charge is 0.506 e. The molecule has 0 spiro atoms. The lowest BCUT2D eigenvalue weighted by Gasteiger charge is -2.29. The van der Waals surface area contributed by atoms with Gasteiger partial charge in [-0.1, -0.05) is 32.9 Å². The molecule has 0 radical (unpaired) electrons. The molecule has 0 unspecified atom stereocenters. The summed E-state index contributed by atoms with van der Waals surface area (Å²) in [5, 5.41) is 9.98. The molecule has 2 aromatic carbocycles. The lowest BCUT2D eigenvalue weighted by Crippen LogP contribution is -2.37. The van der Waals surface area contributed by atoms with Crippen LogP contribution in [0.15, 0.2) is 48.8 Å². The first-order chi connectivity index (χ1) is 15.4. The average molecular weight is 467 g/mol. The van der Waals surface area contributed by atoms with Crippen LogP contribution < -0.4 is 9.62 Å². The van der Waals surface area contributed by atoms with Gasteiger partial charge in [0.05, 0.1) is 11.9 Å². The van der Waals surface area contributed by atoms with Crippen molar-refractivity contribution < 1.29 is 18.3 Å². The van der Waals surface area contributed by atoms with Crippen molar-refractivity contribution in [1.29, 1.82) is 0 Å². The summed E-state index contributed by atoms with van der Waals surface area (Å²) in [6.07, 6.45) is 5.24. The SMILES string of the molecule is CC(C)(C)c1ncc(-c2ccc3c(c2)CCN(c2ccc(O)c(NS(C)(=O)=O)c2)C3=O)cn1. The molecule has 0 saturated carbocycles. The number of nitrogens with zero attached hydrogens (tertiary/aromatic N) is 3. The fourth-order valence-electron chi connectivity index (χ4n) is 3.75. The van der Waals surface area contributed by atoms with Gasteiger partial charge >= 0.3 is 0 Å². The van der Waals surface area contributed by atoms with Crippen molar-refractivity contribution in [2.24, 2.45) is 0 Å². The number of hydrogen-bond acceptors (Lipinski definition) is 6. The zero-order chi connectivity index (χ0) is 24.0. The van der Waals surface area contributed by atoms with E-state index in [1.807, 2.05) is 12.1 Å². The number of rotatable bonds is 4. The highest BCUT2D eigenvalue weighted by Gasteiger charge is 2.27. The molecule has 0 bridgehead atoms. The topological polar surface area (TPSA) is 112 Å². The van der Waals surface area contributed by atoms with Gasteiger partial charge in [0.1, 0.15) is 11.6 Å². The number of fused-ring (bicyclic) bond motifs is 1. The number of hydrogen-bond donors (Lipinski definition) is 2. The third kappa shape index (κ3) is 4.83. The van der Waals surface area contributed by atoms with Gasteiger partial charge in [0.2, 0.25) is 10.0 Å². The molecule has 0 fully saturated rings. The third-order valence-electron chi connectivity index (χ3n) is 5.43. The van der Waals surface area contributed by atoms with Gasteiger partial charge in [-0.05, 0) is 41.8 Å². The number of aromatic hydroxyl groups is 1. The number of carbonyl (C=O) groups excluding carboxylic acids is 1. The highest BCUT2D eigenvalue weighted by atomic mass is 32.2. The van der Waals surface area contributed by atoms with E-state index in [9.17, 15) is 18.3 Å². The number of amides is 1. The molecule has 3 aromatic rings. The molecule has 1 aromatic heterocycles. The van der Waals surface area contributed by atoms with Crippen LogP contribution in [-0.2, 0) is 21.9 Å². The summed E-state index contributed by atoms with van der Waals surface area (Å²) in [6, 6.07) is 10.1. The van der Waals surface area contributed by atoms with E-state index >= 15 is 0 Å². The highest BCUT2D eigenvalue weighted by molar-refractivity contribution is 7.92. The Morgan fingerprint density at radius 1 is 1.03 bits per heavy atom. The van der Waals surface area contributed by atoms with Gasteiger partial charge in [0.15, 0.2) is 0 Å². The smallest absolute Gasteiger partial charge is 0.258 e. The molecule has 8 nitrogen and oxygen atoms in total.